The van der Waals surface area contributed by atoms with Crippen LogP contribution in [-0.4, -0.2) is 25.8 Å². The fraction of sp³-hybridized carbons (Fsp3) is 1.00. The van der Waals surface area contributed by atoms with Gasteiger partial charge in [0.15, 0.2) is 0 Å². The van der Waals surface area contributed by atoms with Gasteiger partial charge in [0.1, 0.15) is 0 Å². The van der Waals surface area contributed by atoms with E-state index in [4.69, 9.17) is 0 Å². The van der Waals surface area contributed by atoms with Crippen molar-refractivity contribution in [2.45, 2.75) is 46.4 Å². The highest BCUT2D eigenvalue weighted by Crippen LogP contribution is 2.11. The first-order valence-electron chi connectivity index (χ1n) is 5.11. The minimum absolute atomic E-state index is 0.735. The van der Waals surface area contributed by atoms with Crippen LogP contribution in [-0.2, 0) is 0 Å². The molecule has 0 saturated heterocycles. The first-order valence-corrected chi connectivity index (χ1v) is 5.11. The molecular weight excluding hydrogens is 145 g/mol. The Balaban J connectivity index is 3.46. The van der Waals surface area contributed by atoms with E-state index in [0.29, 0.717) is 0 Å². The molecule has 1 radical (unpaired) electrons. The van der Waals surface area contributed by atoms with Crippen molar-refractivity contribution in [3.8, 4) is 0 Å². The van der Waals surface area contributed by atoms with Crippen molar-refractivity contribution in [3.63, 3.8) is 0 Å². The van der Waals surface area contributed by atoms with Crippen LogP contribution < -0.4 is 0 Å². The van der Waals surface area contributed by atoms with Gasteiger partial charge in [0.25, 0.3) is 0 Å². The molecule has 2 heteroatoms. The molecule has 0 aliphatic heterocycles. The second-order valence-electron chi connectivity index (χ2n) is 4.25. The van der Waals surface area contributed by atoms with E-state index in [2.05, 4.69) is 47.0 Å². The molecule has 0 aromatic heterocycles. The van der Waals surface area contributed by atoms with Gasteiger partial charge in [0, 0.05) is 0 Å². The zero-order valence-corrected chi connectivity index (χ0v) is 9.30. The van der Waals surface area contributed by atoms with Crippen LogP contribution in [0.25, 0.3) is 0 Å². The van der Waals surface area contributed by atoms with Crippen LogP contribution in [0.5, 0.6) is 0 Å². The van der Waals surface area contributed by atoms with Gasteiger partial charge in [-0.15, -0.1) is 0 Å². The van der Waals surface area contributed by atoms with Crippen LogP contribution in [0.1, 0.15) is 40.5 Å². The van der Waals surface area contributed by atoms with Crippen LogP contribution >= 0.6 is 0 Å². The Kier molecular flexibility index (Phi) is 6.54. The quantitative estimate of drug-likeness (QED) is 0.551. The molecule has 0 aromatic rings. The van der Waals surface area contributed by atoms with E-state index < -0.39 is 0 Å². The molecule has 0 heterocycles. The number of rotatable bonds is 6. The molecule has 0 spiro atoms. The van der Waals surface area contributed by atoms with Gasteiger partial charge in [-0.25, -0.2) is 0 Å². The van der Waals surface area contributed by atoms with E-state index in [1.165, 1.54) is 19.4 Å². The van der Waals surface area contributed by atoms with Gasteiger partial charge < -0.3 is 4.81 Å². The molecule has 0 amide bonds. The summed E-state index contributed by atoms with van der Waals surface area (Å²) < 4.78 is 0. The molecule has 12 heavy (non-hydrogen) atoms. The van der Waals surface area contributed by atoms with Gasteiger partial charge in [0.05, 0.1) is 0 Å². The van der Waals surface area contributed by atoms with Crippen molar-refractivity contribution in [1.82, 2.24) is 4.81 Å². The summed E-state index contributed by atoms with van der Waals surface area (Å²) in [6, 6.07) is 0. The second kappa shape index (κ2) is 6.53. The van der Waals surface area contributed by atoms with E-state index in [-0.39, 0.29) is 0 Å². The van der Waals surface area contributed by atoms with Gasteiger partial charge in [-0.05, 0) is 19.5 Å². The summed E-state index contributed by atoms with van der Waals surface area (Å²) in [4.78, 5) is 2.32. The predicted octanol–water partition coefficient (Wildman–Crippen LogP) is 2.80. The lowest BCUT2D eigenvalue weighted by Gasteiger charge is -2.21. The SMILES string of the molecule is CCCC(C)[B]N(C)CC(C)C. The normalized spacial score (nSPS) is 13.9. The van der Waals surface area contributed by atoms with Gasteiger partial charge in [-0.1, -0.05) is 46.4 Å². The maximum absolute atomic E-state index is 2.35. The molecule has 0 fully saturated rings. The Labute approximate surface area is 78.8 Å². The first-order chi connectivity index (χ1) is 5.56. The summed E-state index contributed by atoms with van der Waals surface area (Å²) in [5.74, 6) is 1.50. The summed E-state index contributed by atoms with van der Waals surface area (Å²) in [5, 5.41) is 0. The van der Waals surface area contributed by atoms with E-state index in [9.17, 15) is 0 Å². The van der Waals surface area contributed by atoms with Crippen molar-refractivity contribution < 1.29 is 0 Å². The molecule has 1 nitrogen and oxygen atoms in total. The van der Waals surface area contributed by atoms with Crippen molar-refractivity contribution in [2.24, 2.45) is 5.92 Å². The second-order valence-corrected chi connectivity index (χ2v) is 4.25. The third kappa shape index (κ3) is 6.72. The zero-order chi connectivity index (χ0) is 9.56. The maximum Gasteiger partial charge on any atom is 0.211 e. The zero-order valence-electron chi connectivity index (χ0n) is 9.30. The van der Waals surface area contributed by atoms with E-state index >= 15 is 0 Å². The summed E-state index contributed by atoms with van der Waals surface area (Å²) in [7, 11) is 4.52. The predicted molar refractivity (Wildman–Crippen MR) is 57.6 cm³/mol. The molecule has 0 rings (SSSR count). The van der Waals surface area contributed by atoms with Gasteiger partial charge >= 0.3 is 0 Å². The van der Waals surface area contributed by atoms with Gasteiger partial charge in [-0.2, -0.15) is 0 Å². The Morgan fingerprint density at radius 1 is 1.25 bits per heavy atom. The lowest BCUT2D eigenvalue weighted by Crippen LogP contribution is -2.29. The third-order valence-corrected chi connectivity index (χ3v) is 1.91. The number of hydrogen-bond donors (Lipinski definition) is 0. The average Bonchev–Trinajstić information content (AvgIpc) is 1.84. The van der Waals surface area contributed by atoms with E-state index in [0.717, 1.165) is 11.7 Å². The Bertz CT molecular complexity index is 104. The van der Waals surface area contributed by atoms with E-state index in [1.807, 2.05) is 0 Å². The Hall–Kier alpha value is 0.0249. The fourth-order valence-corrected chi connectivity index (χ4v) is 1.60. The summed E-state index contributed by atoms with van der Waals surface area (Å²) in [6.07, 6.45) is 2.59. The average molecular weight is 168 g/mol. The van der Waals surface area contributed by atoms with Crippen LogP contribution in [0.3, 0.4) is 0 Å². The fourth-order valence-electron chi connectivity index (χ4n) is 1.60. The minimum atomic E-state index is 0.735. The van der Waals surface area contributed by atoms with E-state index in [1.54, 1.807) is 0 Å². The molecule has 0 saturated carbocycles. The minimum Gasteiger partial charge on any atom is -0.349 e. The van der Waals surface area contributed by atoms with Crippen LogP contribution in [0.4, 0.5) is 0 Å². The highest BCUT2D eigenvalue weighted by molar-refractivity contribution is 6.33. The molecule has 0 aliphatic carbocycles. The van der Waals surface area contributed by atoms with Crippen LogP contribution in [0.15, 0.2) is 0 Å². The highest BCUT2D eigenvalue weighted by Gasteiger charge is 2.08. The number of nitrogens with zero attached hydrogens (tertiary/aromatic N) is 1. The summed E-state index contributed by atoms with van der Waals surface area (Å²) in [6.45, 7) is 10.2. The Morgan fingerprint density at radius 2 is 1.83 bits per heavy atom. The molecule has 1 atom stereocenters. The summed E-state index contributed by atoms with van der Waals surface area (Å²) in [5.41, 5.74) is 0. The molecule has 0 N–H and O–H groups in total. The van der Waals surface area contributed by atoms with Crippen molar-refractivity contribution in [3.05, 3.63) is 0 Å². The van der Waals surface area contributed by atoms with Crippen molar-refractivity contribution >= 4 is 7.41 Å². The Morgan fingerprint density at radius 3 is 2.25 bits per heavy atom. The van der Waals surface area contributed by atoms with Crippen molar-refractivity contribution in [2.75, 3.05) is 13.6 Å². The lowest BCUT2D eigenvalue weighted by molar-refractivity contribution is 0.437. The van der Waals surface area contributed by atoms with Crippen LogP contribution in [0, 0.1) is 5.92 Å². The molecule has 0 aliphatic rings. The maximum atomic E-state index is 2.35. The topological polar surface area (TPSA) is 3.24 Å². The number of hydrogen-bond acceptors (Lipinski definition) is 1. The smallest absolute Gasteiger partial charge is 0.211 e. The van der Waals surface area contributed by atoms with Crippen molar-refractivity contribution in [1.29, 1.82) is 0 Å². The van der Waals surface area contributed by atoms with Gasteiger partial charge in [0.2, 0.25) is 7.41 Å². The first kappa shape index (κ1) is 12.0. The highest BCUT2D eigenvalue weighted by atomic mass is 15.0. The summed E-state index contributed by atoms with van der Waals surface area (Å²) >= 11 is 0. The van der Waals surface area contributed by atoms with Gasteiger partial charge in [-0.3, -0.25) is 0 Å². The monoisotopic (exact) mass is 168 g/mol. The third-order valence-electron chi connectivity index (χ3n) is 1.91. The lowest BCUT2D eigenvalue weighted by atomic mass is 9.72. The van der Waals surface area contributed by atoms with Crippen LogP contribution in [0.2, 0.25) is 5.82 Å². The standard InChI is InChI=1S/C10H23BN/c1-6-7-10(4)11-12(5)8-9(2)3/h9-10H,6-8H2,1-5H3. The molecule has 0 bridgehead atoms. The molecule has 1 unspecified atom stereocenters. The molecular formula is C10H23BN. The molecule has 71 valence electrons. The molecule has 0 aromatic carbocycles. The largest absolute Gasteiger partial charge is 0.349 e.